The van der Waals surface area contributed by atoms with Crippen molar-refractivity contribution >= 4 is 26.7 Å². The van der Waals surface area contributed by atoms with Gasteiger partial charge >= 0.3 is 16.5 Å². The Morgan fingerprint density at radius 2 is 1.68 bits per heavy atom. The highest BCUT2D eigenvalue weighted by Gasteiger charge is 2.35. The van der Waals surface area contributed by atoms with E-state index in [0.717, 1.165) is 5.56 Å². The minimum atomic E-state index is -4.24. The third kappa shape index (κ3) is 6.65. The highest BCUT2D eigenvalue weighted by atomic mass is 32.2. The van der Waals surface area contributed by atoms with Crippen LogP contribution in [0.3, 0.4) is 0 Å². The highest BCUT2D eigenvalue weighted by molar-refractivity contribution is 7.91. The molecule has 14 heteroatoms. The first-order valence-electron chi connectivity index (χ1n) is 13.4. The Hall–Kier alpha value is -5.37. The molecule has 0 fully saturated rings. The molecule has 0 saturated heterocycles. The Kier molecular flexibility index (Phi) is 9.09. The van der Waals surface area contributed by atoms with Crippen LogP contribution in [0, 0.1) is 5.21 Å². The van der Waals surface area contributed by atoms with Crippen molar-refractivity contribution in [1.82, 2.24) is 10.5 Å². The molecule has 5 aromatic rings. The fourth-order valence-electron chi connectivity index (χ4n) is 4.27. The number of hydrogen-bond acceptors (Lipinski definition) is 11. The quantitative estimate of drug-likeness (QED) is 0.116. The summed E-state index contributed by atoms with van der Waals surface area (Å²) in [4.78, 5) is 24.9. The summed E-state index contributed by atoms with van der Waals surface area (Å²) < 4.78 is 52.3. The van der Waals surface area contributed by atoms with Gasteiger partial charge in [0.15, 0.2) is 11.5 Å². The minimum Gasteiger partial charge on any atom is -0.493 e. The molecule has 44 heavy (non-hydrogen) atoms. The van der Waals surface area contributed by atoms with Gasteiger partial charge in [-0.1, -0.05) is 48.5 Å². The van der Waals surface area contributed by atoms with E-state index in [2.05, 4.69) is 15.1 Å². The summed E-state index contributed by atoms with van der Waals surface area (Å²) in [5.41, 5.74) is 0.293. The van der Waals surface area contributed by atoms with Crippen molar-refractivity contribution in [3.05, 3.63) is 106 Å². The summed E-state index contributed by atoms with van der Waals surface area (Å²) in [5, 5.41) is 17.9. The fourth-order valence-corrected chi connectivity index (χ4v) is 5.56. The largest absolute Gasteiger partial charge is 0.493 e. The summed E-state index contributed by atoms with van der Waals surface area (Å²) in [7, 11) is -2.81. The maximum Gasteiger partial charge on any atom is 0.414 e. The number of carbonyl (C=O) groups excluding carboxylic acids is 1. The number of nitrogens with zero attached hydrogens (tertiary/aromatic N) is 2. The second kappa shape index (κ2) is 13.3. The number of ether oxygens (including phenoxy) is 3. The van der Waals surface area contributed by atoms with Crippen LogP contribution in [0.25, 0.3) is 11.0 Å². The van der Waals surface area contributed by atoms with E-state index in [9.17, 15) is 23.2 Å². The van der Waals surface area contributed by atoms with E-state index in [4.69, 9.17) is 18.6 Å². The second-order valence-electron chi connectivity index (χ2n) is 9.39. The van der Waals surface area contributed by atoms with E-state index in [0.29, 0.717) is 24.1 Å². The van der Waals surface area contributed by atoms with Gasteiger partial charge in [0.05, 0.1) is 30.4 Å². The summed E-state index contributed by atoms with van der Waals surface area (Å²) in [5.74, 6) is -0.448. The van der Waals surface area contributed by atoms with Crippen LogP contribution in [0.4, 0.5) is 0 Å². The molecular formula is C30H27N3O10S. The van der Waals surface area contributed by atoms with Crippen LogP contribution < -0.4 is 30.1 Å². The molecule has 0 saturated carbocycles. The van der Waals surface area contributed by atoms with Crippen LogP contribution in [-0.2, 0) is 16.3 Å². The van der Waals surface area contributed by atoms with Gasteiger partial charge in [-0.15, -0.1) is 0 Å². The molecule has 0 bridgehead atoms. The molecule has 228 valence electrons. The van der Waals surface area contributed by atoms with Crippen LogP contribution in [0.1, 0.15) is 22.3 Å². The van der Waals surface area contributed by atoms with Crippen molar-refractivity contribution in [2.45, 2.75) is 22.8 Å². The van der Waals surface area contributed by atoms with Crippen molar-refractivity contribution in [1.29, 1.82) is 0 Å². The van der Waals surface area contributed by atoms with Gasteiger partial charge in [-0.05, 0) is 41.2 Å². The number of aromatic nitrogens is 2. The lowest BCUT2D eigenvalue weighted by atomic mass is 10.1. The average Bonchev–Trinajstić information content (AvgIpc) is 3.41. The molecule has 2 heterocycles. The Bertz CT molecular complexity index is 1920. The molecule has 13 nitrogen and oxygen atoms in total. The normalized spacial score (nSPS) is 11.3. The Morgan fingerprint density at radius 3 is 2.41 bits per heavy atom. The van der Waals surface area contributed by atoms with E-state index in [1.54, 1.807) is 12.1 Å². The van der Waals surface area contributed by atoms with Gasteiger partial charge in [-0.25, -0.2) is 13.2 Å². The molecular weight excluding hydrogens is 594 g/mol. The highest BCUT2D eigenvalue weighted by Crippen LogP contribution is 2.32. The smallest absolute Gasteiger partial charge is 0.414 e. The van der Waals surface area contributed by atoms with Crippen molar-refractivity contribution in [3.63, 3.8) is 0 Å². The van der Waals surface area contributed by atoms with E-state index in [1.165, 1.54) is 43.5 Å². The van der Waals surface area contributed by atoms with Crippen molar-refractivity contribution in [2.75, 3.05) is 26.9 Å². The number of rotatable bonds is 13. The maximum atomic E-state index is 12.9. The van der Waals surface area contributed by atoms with E-state index >= 15 is 0 Å². The van der Waals surface area contributed by atoms with Crippen LogP contribution in [0.2, 0.25) is 0 Å². The van der Waals surface area contributed by atoms with Crippen molar-refractivity contribution in [2.24, 2.45) is 0 Å². The molecule has 0 atom stereocenters. The van der Waals surface area contributed by atoms with Crippen LogP contribution in [-0.4, -0.2) is 46.3 Å². The maximum absolute atomic E-state index is 12.9. The minimum absolute atomic E-state index is 0.0719. The molecule has 3 aromatic carbocycles. The zero-order chi connectivity index (χ0) is 31.1. The van der Waals surface area contributed by atoms with Gasteiger partial charge in [0.2, 0.25) is 0 Å². The number of fused-ring (bicyclic) bond motifs is 1. The summed E-state index contributed by atoms with van der Waals surface area (Å²) in [6.45, 7) is 0.347. The first-order chi connectivity index (χ1) is 21.3. The SMILES string of the molecule is COc1cc2cc(C(=O)NCCc3ccccc3)c(=O)oc2cc1OCCCOc1no[n+]([O-])c1S(=O)(=O)c1ccccc1. The van der Waals surface area contributed by atoms with Crippen molar-refractivity contribution < 1.29 is 41.4 Å². The van der Waals surface area contributed by atoms with E-state index in [-0.39, 0.29) is 46.3 Å². The number of methoxy groups -OCH3 is 1. The molecule has 5 rings (SSSR count). The zero-order valence-corrected chi connectivity index (χ0v) is 24.2. The molecule has 0 aliphatic rings. The van der Waals surface area contributed by atoms with Gasteiger partial charge < -0.3 is 29.2 Å². The predicted molar refractivity (Wildman–Crippen MR) is 154 cm³/mol. The summed E-state index contributed by atoms with van der Waals surface area (Å²) in [6, 6.07) is 21.4. The first-order valence-corrected chi connectivity index (χ1v) is 14.9. The molecule has 0 radical (unpaired) electrons. The molecule has 2 aromatic heterocycles. The number of amides is 1. The van der Waals surface area contributed by atoms with Crippen LogP contribution in [0.15, 0.2) is 103 Å². The van der Waals surface area contributed by atoms with Gasteiger partial charge in [0.25, 0.3) is 15.7 Å². The molecule has 0 aliphatic heterocycles. The summed E-state index contributed by atoms with van der Waals surface area (Å²) >= 11 is 0. The number of carbonyl (C=O) groups is 1. The molecule has 1 N–H and O–H groups in total. The monoisotopic (exact) mass is 621 g/mol. The third-order valence-corrected chi connectivity index (χ3v) is 8.17. The zero-order valence-electron chi connectivity index (χ0n) is 23.4. The lowest BCUT2D eigenvalue weighted by Gasteiger charge is -2.12. The topological polar surface area (TPSA) is 174 Å². The lowest BCUT2D eigenvalue weighted by Crippen LogP contribution is -2.31. The Labute approximate surface area is 251 Å². The van der Waals surface area contributed by atoms with Crippen LogP contribution >= 0.6 is 0 Å². The van der Waals surface area contributed by atoms with E-state index < -0.39 is 32.3 Å². The van der Waals surface area contributed by atoms with Crippen molar-refractivity contribution in [3.8, 4) is 17.4 Å². The predicted octanol–water partition coefficient (Wildman–Crippen LogP) is 3.08. The standard InChI is InChI=1S/C30H27N3O10S/c1-39-25-18-21-17-23(27(34)31-14-13-20-9-4-2-5-10-20)30(35)42-24(21)19-26(25)40-15-8-16-41-28-29(33(36)43-32-28)44(37,38)22-11-6-3-7-12-22/h2-7,9-12,17-19H,8,13-16H2,1H3,(H,31,34). The van der Waals surface area contributed by atoms with Crippen LogP contribution in [0.5, 0.6) is 17.4 Å². The Balaban J connectivity index is 1.20. The third-order valence-electron chi connectivity index (χ3n) is 6.44. The van der Waals surface area contributed by atoms with Gasteiger partial charge in [-0.3, -0.25) is 9.42 Å². The fraction of sp³-hybridized carbons (Fsp3) is 0.200. The van der Waals surface area contributed by atoms with E-state index in [1.807, 2.05) is 30.3 Å². The average molecular weight is 622 g/mol. The summed E-state index contributed by atoms with van der Waals surface area (Å²) in [6.07, 6.45) is 0.847. The lowest BCUT2D eigenvalue weighted by molar-refractivity contribution is -0.832. The molecule has 0 aliphatic carbocycles. The number of nitrogens with one attached hydrogen (secondary N) is 1. The second-order valence-corrected chi connectivity index (χ2v) is 11.3. The van der Waals surface area contributed by atoms with Gasteiger partial charge in [0.1, 0.15) is 11.1 Å². The van der Waals surface area contributed by atoms with Gasteiger partial charge in [0, 0.05) is 24.4 Å². The Morgan fingerprint density at radius 1 is 0.977 bits per heavy atom. The number of benzene rings is 3. The molecule has 1 amide bonds. The number of hydrogen-bond donors (Lipinski definition) is 1. The first kappa shape index (κ1) is 30.1. The van der Waals surface area contributed by atoms with Gasteiger partial charge in [-0.2, -0.15) is 0 Å². The number of sulfone groups is 1. The molecule has 0 spiro atoms. The molecule has 0 unspecified atom stereocenters.